The van der Waals surface area contributed by atoms with Crippen LogP contribution in [-0.4, -0.2) is 64.6 Å². The summed E-state index contributed by atoms with van der Waals surface area (Å²) in [6, 6.07) is 5.33. The molecule has 0 radical (unpaired) electrons. The Morgan fingerprint density at radius 3 is 2.47 bits per heavy atom. The number of nitrogens with zero attached hydrogens (tertiary/aromatic N) is 1. The topological polar surface area (TPSA) is 141 Å². The number of ketones is 2. The van der Waals surface area contributed by atoms with Crippen molar-refractivity contribution in [2.45, 2.75) is 138 Å². The molecule has 0 aliphatic heterocycles. The summed E-state index contributed by atoms with van der Waals surface area (Å²) in [6.07, 6.45) is 15.2. The second-order valence-corrected chi connectivity index (χ2v) is 21.9. The van der Waals surface area contributed by atoms with Crippen molar-refractivity contribution in [2.24, 2.45) is 75.4 Å². The van der Waals surface area contributed by atoms with E-state index in [9.17, 15) is 24.3 Å². The standard InChI is InChI=1S/C42H68N2O4.C8H6N2O/c1-24(2)36-34(46)22-42(18-19-44-23-39(4,5)43-9)17-15-27-28-11-13-35-40(6,7)26(20-33(45)30-21-31(25(30)3)38(47)48)14-16-41(35,8)32(28)12-10-29(27)37(36)42;11-4-6-1-2-7-8(3-6)10-5-9-7/h24-32,35,43-44H,10-23H2,1-9H3,(H,47,48);1-5H,(H,9,10). The van der Waals surface area contributed by atoms with Crippen molar-refractivity contribution in [3.63, 3.8) is 0 Å². The average molecular weight is 811 g/mol. The number of aliphatic carboxylic acids is 1. The van der Waals surface area contributed by atoms with Gasteiger partial charge in [-0.2, -0.15) is 0 Å². The number of carbonyl (C=O) groups is 4. The van der Waals surface area contributed by atoms with Gasteiger partial charge in [0.1, 0.15) is 12.1 Å². The Hall–Kier alpha value is -3.17. The van der Waals surface area contributed by atoms with Gasteiger partial charge >= 0.3 is 5.97 Å². The summed E-state index contributed by atoms with van der Waals surface area (Å²) in [4.78, 5) is 56.1. The van der Waals surface area contributed by atoms with E-state index in [0.717, 1.165) is 61.5 Å². The Labute approximate surface area is 353 Å². The van der Waals surface area contributed by atoms with Gasteiger partial charge < -0.3 is 20.7 Å². The minimum absolute atomic E-state index is 0.0323. The summed E-state index contributed by atoms with van der Waals surface area (Å²) in [6.45, 7) is 20.4. The molecule has 59 heavy (non-hydrogen) atoms. The van der Waals surface area contributed by atoms with Crippen molar-refractivity contribution in [2.75, 3.05) is 20.1 Å². The van der Waals surface area contributed by atoms with Crippen molar-refractivity contribution < 1.29 is 24.3 Å². The van der Waals surface area contributed by atoms with Crippen molar-refractivity contribution >= 4 is 34.9 Å². The Morgan fingerprint density at radius 1 is 1.03 bits per heavy atom. The number of nitrogens with one attached hydrogen (secondary N) is 3. The number of rotatable bonds is 12. The van der Waals surface area contributed by atoms with Crippen molar-refractivity contribution in [1.82, 2.24) is 20.6 Å². The number of imidazole rings is 1. The molecule has 8 rings (SSSR count). The molecule has 0 amide bonds. The Balaban J connectivity index is 0.000000412. The Morgan fingerprint density at radius 2 is 1.80 bits per heavy atom. The third-order valence-electron chi connectivity index (χ3n) is 17.9. The lowest BCUT2D eigenvalue weighted by atomic mass is 9.39. The molecule has 0 bridgehead atoms. The van der Waals surface area contributed by atoms with Crippen LogP contribution in [-0.2, 0) is 14.4 Å². The van der Waals surface area contributed by atoms with Gasteiger partial charge in [0, 0.05) is 41.8 Å². The minimum Gasteiger partial charge on any atom is -0.481 e. The number of carboxylic acid groups (broad SMARTS) is 1. The maximum Gasteiger partial charge on any atom is 0.306 e. The number of aromatic amines is 1. The van der Waals surface area contributed by atoms with Crippen molar-refractivity contribution in [1.29, 1.82) is 0 Å². The highest BCUT2D eigenvalue weighted by molar-refractivity contribution is 6.00. The summed E-state index contributed by atoms with van der Waals surface area (Å²) in [7, 11) is 2.03. The monoisotopic (exact) mass is 811 g/mol. The van der Waals surface area contributed by atoms with E-state index in [2.05, 4.69) is 69.1 Å². The molecule has 11 unspecified atom stereocenters. The van der Waals surface area contributed by atoms with Crippen LogP contribution in [0.4, 0.5) is 0 Å². The summed E-state index contributed by atoms with van der Waals surface area (Å²) in [5, 5.41) is 16.6. The highest BCUT2D eigenvalue weighted by Gasteiger charge is 2.63. The number of allylic oxidation sites excluding steroid dienone is 2. The number of hydrogen-bond donors (Lipinski definition) is 4. The van der Waals surface area contributed by atoms with Gasteiger partial charge in [-0.3, -0.25) is 19.2 Å². The zero-order valence-electron chi connectivity index (χ0n) is 37.6. The number of benzene rings is 1. The number of fused-ring (bicyclic) bond motifs is 8. The van der Waals surface area contributed by atoms with Crippen LogP contribution < -0.4 is 10.6 Å². The van der Waals surface area contributed by atoms with E-state index in [-0.39, 0.29) is 34.1 Å². The average Bonchev–Trinajstić information content (AvgIpc) is 3.78. The third-order valence-corrected chi connectivity index (χ3v) is 17.9. The fourth-order valence-electron chi connectivity index (χ4n) is 14.4. The zero-order valence-corrected chi connectivity index (χ0v) is 37.6. The van der Waals surface area contributed by atoms with Crippen molar-refractivity contribution in [3.8, 4) is 0 Å². The predicted molar refractivity (Wildman–Crippen MR) is 234 cm³/mol. The number of hydrogen-bond acceptors (Lipinski definition) is 7. The number of H-pyrrole nitrogens is 1. The lowest BCUT2D eigenvalue weighted by Gasteiger charge is -2.65. The molecule has 0 spiro atoms. The van der Waals surface area contributed by atoms with Crippen LogP contribution in [0.3, 0.4) is 0 Å². The maximum atomic E-state index is 13.8. The molecule has 324 valence electrons. The smallest absolute Gasteiger partial charge is 0.306 e. The van der Waals surface area contributed by atoms with E-state index in [4.69, 9.17) is 0 Å². The van der Waals surface area contributed by atoms with Crippen LogP contribution in [0, 0.1) is 75.4 Å². The predicted octanol–water partition coefficient (Wildman–Crippen LogP) is 9.47. The highest BCUT2D eigenvalue weighted by atomic mass is 16.4. The Bertz CT molecular complexity index is 1940. The number of Topliss-reactive ketones (excluding diaryl/α,β-unsaturated/α-hetero) is 2. The summed E-state index contributed by atoms with van der Waals surface area (Å²) < 4.78 is 0. The summed E-state index contributed by atoms with van der Waals surface area (Å²) >= 11 is 0. The molecule has 6 aliphatic rings. The molecule has 1 aromatic carbocycles. The first kappa shape index (κ1) is 43.9. The first-order chi connectivity index (χ1) is 27.9. The molecule has 0 saturated heterocycles. The second-order valence-electron chi connectivity index (χ2n) is 21.9. The molecule has 9 heteroatoms. The Kier molecular flexibility index (Phi) is 12.4. The summed E-state index contributed by atoms with van der Waals surface area (Å²) in [5.74, 6) is 3.62. The maximum absolute atomic E-state index is 13.8. The van der Waals surface area contributed by atoms with Crippen LogP contribution in [0.1, 0.15) is 143 Å². The lowest BCUT2D eigenvalue weighted by Crippen LogP contribution is -2.58. The molecule has 5 saturated carbocycles. The van der Waals surface area contributed by atoms with Crippen LogP contribution in [0.2, 0.25) is 0 Å². The van der Waals surface area contributed by atoms with E-state index in [1.807, 2.05) is 20.0 Å². The van der Waals surface area contributed by atoms with Crippen LogP contribution in [0.5, 0.6) is 0 Å². The van der Waals surface area contributed by atoms with Gasteiger partial charge in [-0.25, -0.2) is 4.98 Å². The summed E-state index contributed by atoms with van der Waals surface area (Å²) in [5.41, 5.74) is 5.78. The van der Waals surface area contributed by atoms with Crippen LogP contribution >= 0.6 is 0 Å². The quantitative estimate of drug-likeness (QED) is 0.123. The molecule has 1 aromatic heterocycles. The fourth-order valence-corrected chi connectivity index (χ4v) is 14.4. The van der Waals surface area contributed by atoms with Gasteiger partial charge in [0.05, 0.1) is 23.3 Å². The van der Waals surface area contributed by atoms with E-state index in [1.165, 1.54) is 50.5 Å². The normalized spacial score (nSPS) is 36.1. The SMILES string of the molecule is CNC(C)(C)CNCCC12CCC3C(CCC4C3CCC3C(C)(C)C(CC(=O)C5CC(C(=O)O)C5C)CCC43C)C1=C(C(C)C)C(=O)C2.O=Cc1ccc2nc[nH]c2c1. The molecule has 5 fully saturated rings. The molecule has 9 nitrogen and oxygen atoms in total. The fraction of sp³-hybridized carbons (Fsp3) is 0.740. The van der Waals surface area contributed by atoms with Gasteiger partial charge in [-0.05, 0) is 174 Å². The van der Waals surface area contributed by atoms with E-state index >= 15 is 0 Å². The molecule has 1 heterocycles. The number of likely N-dealkylation sites (N-methyl/N-ethyl adjacent to an activating group) is 1. The number of carboxylic acids is 1. The van der Waals surface area contributed by atoms with Crippen LogP contribution in [0.15, 0.2) is 35.7 Å². The van der Waals surface area contributed by atoms with Gasteiger partial charge in [0.25, 0.3) is 0 Å². The van der Waals surface area contributed by atoms with Gasteiger partial charge in [0.2, 0.25) is 0 Å². The van der Waals surface area contributed by atoms with Crippen molar-refractivity contribution in [3.05, 3.63) is 41.2 Å². The van der Waals surface area contributed by atoms with Crippen LogP contribution in [0.25, 0.3) is 11.0 Å². The highest BCUT2D eigenvalue weighted by Crippen LogP contribution is 2.70. The lowest BCUT2D eigenvalue weighted by molar-refractivity contribution is -0.162. The molecule has 4 N–H and O–H groups in total. The molecular formula is C50H74N4O5. The second kappa shape index (κ2) is 16.6. The van der Waals surface area contributed by atoms with E-state index in [1.54, 1.807) is 24.0 Å². The van der Waals surface area contributed by atoms with Gasteiger partial charge in [-0.1, -0.05) is 47.1 Å². The first-order valence-electron chi connectivity index (χ1n) is 23.2. The zero-order chi connectivity index (χ0) is 42.7. The first-order valence-corrected chi connectivity index (χ1v) is 23.2. The third kappa shape index (κ3) is 7.94. The largest absolute Gasteiger partial charge is 0.481 e. The number of aldehydes is 1. The minimum atomic E-state index is -0.743. The van der Waals surface area contributed by atoms with E-state index in [0.29, 0.717) is 65.0 Å². The molecule has 2 aromatic rings. The number of carbonyl (C=O) groups excluding carboxylic acids is 3. The van der Waals surface area contributed by atoms with Gasteiger partial charge in [0.15, 0.2) is 5.78 Å². The molecular weight excluding hydrogens is 737 g/mol. The van der Waals surface area contributed by atoms with E-state index < -0.39 is 5.97 Å². The number of aromatic nitrogens is 2. The molecule has 6 aliphatic carbocycles. The van der Waals surface area contributed by atoms with Gasteiger partial charge in [-0.15, -0.1) is 0 Å². The molecule has 11 atom stereocenters.